The molecule has 1 amide bonds. The number of amides is 1. The second-order valence-corrected chi connectivity index (χ2v) is 4.15. The summed E-state index contributed by atoms with van der Waals surface area (Å²) in [6.07, 6.45) is 4.03. The molecule has 0 aromatic heterocycles. The van der Waals surface area contributed by atoms with Gasteiger partial charge in [0.25, 0.3) is 0 Å². The molecule has 2 rings (SSSR count). The molecule has 0 N–H and O–H groups in total. The van der Waals surface area contributed by atoms with Gasteiger partial charge >= 0.3 is 6.09 Å². The third kappa shape index (κ3) is 1.51. The van der Waals surface area contributed by atoms with Crippen molar-refractivity contribution in [3.8, 4) is 0 Å². The highest BCUT2D eigenvalue weighted by molar-refractivity contribution is 5.69. The summed E-state index contributed by atoms with van der Waals surface area (Å²) in [6.45, 7) is 6.33. The smallest absolute Gasteiger partial charge is 0.410 e. The zero-order valence-corrected chi connectivity index (χ0v) is 8.66. The van der Waals surface area contributed by atoms with Crippen molar-refractivity contribution in [1.82, 2.24) is 4.90 Å². The third-order valence-corrected chi connectivity index (χ3v) is 3.15. The molecule has 3 nitrogen and oxygen atoms in total. The quantitative estimate of drug-likeness (QED) is 0.601. The van der Waals surface area contributed by atoms with E-state index in [4.69, 9.17) is 4.74 Å². The van der Waals surface area contributed by atoms with E-state index in [2.05, 4.69) is 6.58 Å². The predicted molar refractivity (Wildman–Crippen MR) is 54.0 cm³/mol. The lowest BCUT2D eigenvalue weighted by molar-refractivity contribution is 0.0814. The number of carbonyl (C=O) groups excluding carboxylic acids is 1. The first-order chi connectivity index (χ1) is 6.72. The molecule has 2 heterocycles. The summed E-state index contributed by atoms with van der Waals surface area (Å²) in [4.78, 5) is 13.6. The Labute approximate surface area is 84.7 Å². The van der Waals surface area contributed by atoms with Crippen molar-refractivity contribution in [2.45, 2.75) is 44.7 Å². The van der Waals surface area contributed by atoms with Crippen LogP contribution in [0.4, 0.5) is 4.79 Å². The fraction of sp³-hybridized carbons (Fsp3) is 0.727. The van der Waals surface area contributed by atoms with Crippen molar-refractivity contribution in [2.24, 2.45) is 0 Å². The van der Waals surface area contributed by atoms with E-state index >= 15 is 0 Å². The van der Waals surface area contributed by atoms with Crippen LogP contribution in [0.2, 0.25) is 0 Å². The number of piperidine rings is 1. The standard InChI is InChI=1S/C11H17NO2/c1-3-14-11(13)12-9-4-5-10(12)7-8(2)6-9/h9-10H,2-7H2,1H3. The van der Waals surface area contributed by atoms with E-state index in [0.717, 1.165) is 25.7 Å². The minimum atomic E-state index is -0.132. The molecule has 2 aliphatic heterocycles. The first-order valence-corrected chi connectivity index (χ1v) is 5.34. The maximum atomic E-state index is 11.6. The predicted octanol–water partition coefficient (Wildman–Crippen LogP) is 2.33. The van der Waals surface area contributed by atoms with Crippen molar-refractivity contribution < 1.29 is 9.53 Å². The van der Waals surface area contributed by atoms with Crippen LogP contribution in [0.1, 0.15) is 32.6 Å². The second kappa shape index (κ2) is 3.64. The van der Waals surface area contributed by atoms with E-state index in [1.807, 2.05) is 11.8 Å². The van der Waals surface area contributed by atoms with Crippen molar-refractivity contribution >= 4 is 6.09 Å². The average molecular weight is 195 g/mol. The minimum Gasteiger partial charge on any atom is -0.450 e. The summed E-state index contributed by atoms with van der Waals surface area (Å²) >= 11 is 0. The van der Waals surface area contributed by atoms with E-state index in [1.54, 1.807) is 0 Å². The fourth-order valence-corrected chi connectivity index (χ4v) is 2.61. The molecule has 2 aliphatic rings. The number of fused-ring (bicyclic) bond motifs is 2. The maximum Gasteiger partial charge on any atom is 0.410 e. The van der Waals surface area contributed by atoms with Crippen LogP contribution in [0.5, 0.6) is 0 Å². The minimum absolute atomic E-state index is 0.132. The average Bonchev–Trinajstić information content (AvgIpc) is 2.39. The van der Waals surface area contributed by atoms with Crippen LogP contribution < -0.4 is 0 Å². The largest absolute Gasteiger partial charge is 0.450 e. The van der Waals surface area contributed by atoms with Crippen LogP contribution in [-0.4, -0.2) is 29.7 Å². The summed E-state index contributed by atoms with van der Waals surface area (Å²) in [5.74, 6) is 0. The lowest BCUT2D eigenvalue weighted by atomic mass is 9.99. The van der Waals surface area contributed by atoms with Crippen LogP contribution >= 0.6 is 0 Å². The third-order valence-electron chi connectivity index (χ3n) is 3.15. The van der Waals surface area contributed by atoms with Crippen LogP contribution in [0.25, 0.3) is 0 Å². The molecule has 2 bridgehead atoms. The van der Waals surface area contributed by atoms with E-state index in [0.29, 0.717) is 18.7 Å². The number of ether oxygens (including phenoxy) is 1. The van der Waals surface area contributed by atoms with Gasteiger partial charge in [0.15, 0.2) is 0 Å². The first kappa shape index (κ1) is 9.56. The number of nitrogens with zero attached hydrogens (tertiary/aromatic N) is 1. The van der Waals surface area contributed by atoms with E-state index < -0.39 is 0 Å². The molecule has 0 radical (unpaired) electrons. The molecule has 78 valence electrons. The molecular formula is C11H17NO2. The number of hydrogen-bond donors (Lipinski definition) is 0. The zero-order valence-electron chi connectivity index (χ0n) is 8.66. The highest BCUT2D eigenvalue weighted by Gasteiger charge is 2.41. The van der Waals surface area contributed by atoms with Crippen molar-refractivity contribution in [1.29, 1.82) is 0 Å². The van der Waals surface area contributed by atoms with Gasteiger partial charge in [-0.3, -0.25) is 0 Å². The van der Waals surface area contributed by atoms with Gasteiger partial charge in [-0.25, -0.2) is 4.79 Å². The Kier molecular flexibility index (Phi) is 2.48. The second-order valence-electron chi connectivity index (χ2n) is 4.15. The molecule has 0 aliphatic carbocycles. The Morgan fingerprint density at radius 2 is 2.07 bits per heavy atom. The monoisotopic (exact) mass is 195 g/mol. The topological polar surface area (TPSA) is 29.5 Å². The van der Waals surface area contributed by atoms with Gasteiger partial charge in [-0.05, 0) is 32.6 Å². The summed E-state index contributed by atoms with van der Waals surface area (Å²) in [7, 11) is 0. The number of rotatable bonds is 1. The molecule has 2 fully saturated rings. The fourth-order valence-electron chi connectivity index (χ4n) is 2.61. The van der Waals surface area contributed by atoms with Crippen molar-refractivity contribution in [3.63, 3.8) is 0 Å². The highest BCUT2D eigenvalue weighted by atomic mass is 16.6. The molecule has 3 heteroatoms. The molecule has 2 unspecified atom stereocenters. The Balaban J connectivity index is 2.07. The van der Waals surface area contributed by atoms with Gasteiger partial charge in [-0.15, -0.1) is 0 Å². The van der Waals surface area contributed by atoms with Gasteiger partial charge in [-0.1, -0.05) is 12.2 Å². The molecule has 0 aromatic rings. The maximum absolute atomic E-state index is 11.6. The molecule has 2 atom stereocenters. The van der Waals surface area contributed by atoms with Crippen LogP contribution in [-0.2, 0) is 4.74 Å². The van der Waals surface area contributed by atoms with Gasteiger partial charge in [0.2, 0.25) is 0 Å². The normalized spacial score (nSPS) is 30.6. The van der Waals surface area contributed by atoms with Gasteiger partial charge in [0.1, 0.15) is 0 Å². The Morgan fingerprint density at radius 3 is 2.57 bits per heavy atom. The van der Waals surface area contributed by atoms with Crippen LogP contribution in [0.15, 0.2) is 12.2 Å². The molecular weight excluding hydrogens is 178 g/mol. The lowest BCUT2D eigenvalue weighted by Gasteiger charge is -2.34. The summed E-state index contributed by atoms with van der Waals surface area (Å²) in [5.41, 5.74) is 1.29. The number of hydrogen-bond acceptors (Lipinski definition) is 2. The Bertz CT molecular complexity index is 246. The first-order valence-electron chi connectivity index (χ1n) is 5.34. The highest BCUT2D eigenvalue weighted by Crippen LogP contribution is 2.37. The SMILES string of the molecule is C=C1CC2CCC(C1)N2C(=O)OCC. The lowest BCUT2D eigenvalue weighted by Crippen LogP contribution is -2.44. The summed E-state index contributed by atoms with van der Waals surface area (Å²) < 4.78 is 5.05. The van der Waals surface area contributed by atoms with Crippen molar-refractivity contribution in [3.05, 3.63) is 12.2 Å². The molecule has 0 spiro atoms. The molecule has 0 saturated carbocycles. The summed E-state index contributed by atoms with van der Waals surface area (Å²) in [6, 6.07) is 0.723. The van der Waals surface area contributed by atoms with Crippen LogP contribution in [0, 0.1) is 0 Å². The zero-order chi connectivity index (χ0) is 10.1. The Hall–Kier alpha value is -0.990. The Morgan fingerprint density at radius 1 is 1.50 bits per heavy atom. The number of carbonyl (C=O) groups is 1. The van der Waals surface area contributed by atoms with E-state index in [9.17, 15) is 4.79 Å². The molecule has 0 aromatic carbocycles. The van der Waals surface area contributed by atoms with E-state index in [-0.39, 0.29) is 6.09 Å². The summed E-state index contributed by atoms with van der Waals surface area (Å²) in [5, 5.41) is 0. The van der Waals surface area contributed by atoms with Gasteiger partial charge < -0.3 is 9.64 Å². The van der Waals surface area contributed by atoms with E-state index in [1.165, 1.54) is 5.57 Å². The van der Waals surface area contributed by atoms with Crippen LogP contribution in [0.3, 0.4) is 0 Å². The van der Waals surface area contributed by atoms with Gasteiger partial charge in [0, 0.05) is 12.1 Å². The van der Waals surface area contributed by atoms with Gasteiger partial charge in [-0.2, -0.15) is 0 Å². The molecule has 14 heavy (non-hydrogen) atoms. The molecule has 2 saturated heterocycles. The van der Waals surface area contributed by atoms with Crippen molar-refractivity contribution in [2.75, 3.05) is 6.61 Å². The van der Waals surface area contributed by atoms with Gasteiger partial charge in [0.05, 0.1) is 6.61 Å².